The molecule has 0 aliphatic heterocycles. The van der Waals surface area contributed by atoms with E-state index in [1.165, 1.54) is 27.8 Å². The highest BCUT2D eigenvalue weighted by atomic mass is 16.5. The third kappa shape index (κ3) is 6.22. The molecule has 0 unspecified atom stereocenters. The molecule has 0 aliphatic carbocycles. The van der Waals surface area contributed by atoms with Crippen LogP contribution in [0.5, 0.6) is 0 Å². The van der Waals surface area contributed by atoms with Crippen LogP contribution in [-0.2, 0) is 4.65 Å². The fraction of sp³-hybridized carbons (Fsp3) is 0.167. The smallest absolute Gasteiger partial charge is 0.330 e. The van der Waals surface area contributed by atoms with Crippen LogP contribution in [0.15, 0.2) is 127 Å². The van der Waals surface area contributed by atoms with Crippen molar-refractivity contribution in [3.8, 4) is 44.5 Å². The van der Waals surface area contributed by atoms with Crippen LogP contribution in [0.25, 0.3) is 44.5 Å². The van der Waals surface area contributed by atoms with Crippen LogP contribution in [0, 0.1) is 0 Å². The maximum absolute atomic E-state index is 10.4. The van der Waals surface area contributed by atoms with Gasteiger partial charge in [0.25, 0.3) is 0 Å². The largest absolute Gasteiger partial charge is 0.427 e. The second-order valence-electron chi connectivity index (χ2n) is 11.0. The number of hydrogen-bond acceptors (Lipinski definition) is 2. The van der Waals surface area contributed by atoms with Crippen LogP contribution >= 0.6 is 0 Å². The fourth-order valence-electron chi connectivity index (χ4n) is 4.42. The Morgan fingerprint density at radius 3 is 1.36 bits per heavy atom. The van der Waals surface area contributed by atoms with Crippen molar-refractivity contribution < 1.29 is 9.76 Å². The van der Waals surface area contributed by atoms with Crippen molar-refractivity contribution in [2.45, 2.75) is 38.9 Å². The molecule has 0 aliphatic rings. The highest BCUT2D eigenvalue weighted by Gasteiger charge is 2.35. The normalized spacial score (nSPS) is 11.8. The minimum Gasteiger partial charge on any atom is -0.427 e. The van der Waals surface area contributed by atoms with Crippen LogP contribution in [0.2, 0.25) is 0 Å². The number of benzene rings is 5. The minimum atomic E-state index is -0.970. The number of hydrogen-bond donors (Lipinski definition) is 1. The molecular formula is C36H34BO2. The number of aliphatic hydroxyl groups is 1. The minimum absolute atomic E-state index is 0.719. The fourth-order valence-corrected chi connectivity index (χ4v) is 4.42. The van der Waals surface area contributed by atoms with Crippen molar-refractivity contribution in [3.63, 3.8) is 0 Å². The lowest BCUT2D eigenvalue weighted by atomic mass is 9.81. The third-order valence-corrected chi connectivity index (χ3v) is 7.53. The summed E-state index contributed by atoms with van der Waals surface area (Å²) in [6.07, 6.45) is 0. The van der Waals surface area contributed by atoms with E-state index in [4.69, 9.17) is 4.65 Å². The third-order valence-electron chi connectivity index (χ3n) is 7.53. The van der Waals surface area contributed by atoms with Gasteiger partial charge in [0, 0.05) is 0 Å². The molecular weight excluding hydrogens is 475 g/mol. The molecule has 5 rings (SSSR count). The van der Waals surface area contributed by atoms with Crippen LogP contribution in [0.3, 0.4) is 0 Å². The second kappa shape index (κ2) is 11.1. The van der Waals surface area contributed by atoms with Crippen LogP contribution < -0.4 is 5.46 Å². The maximum Gasteiger partial charge on any atom is 0.330 e. The zero-order chi connectivity index (χ0) is 27.5. The van der Waals surface area contributed by atoms with Crippen molar-refractivity contribution in [1.82, 2.24) is 0 Å². The van der Waals surface area contributed by atoms with E-state index in [2.05, 4.69) is 115 Å². The molecule has 5 aromatic carbocycles. The molecule has 0 spiro atoms. The van der Waals surface area contributed by atoms with Crippen LogP contribution in [-0.4, -0.2) is 23.8 Å². The van der Waals surface area contributed by atoms with E-state index in [0.717, 1.165) is 22.2 Å². The SMILES string of the molecule is CC(C)(O)C(C)(C)O[B]c1cccc(-c2cccc(-c3cc(-c4ccccc4)cc(-c4ccccc4)c3)c2)c1. The van der Waals surface area contributed by atoms with Gasteiger partial charge in [0.1, 0.15) is 0 Å². The predicted molar refractivity (Wildman–Crippen MR) is 165 cm³/mol. The average Bonchev–Trinajstić information content (AvgIpc) is 2.96. The Labute approximate surface area is 233 Å². The molecule has 0 saturated heterocycles. The van der Waals surface area contributed by atoms with Crippen molar-refractivity contribution in [3.05, 3.63) is 127 Å². The van der Waals surface area contributed by atoms with Gasteiger partial charge in [0.05, 0.1) is 11.2 Å². The van der Waals surface area contributed by atoms with Gasteiger partial charge in [0.2, 0.25) is 0 Å². The summed E-state index contributed by atoms with van der Waals surface area (Å²) in [5.41, 5.74) is 8.63. The van der Waals surface area contributed by atoms with E-state index < -0.39 is 11.2 Å². The second-order valence-corrected chi connectivity index (χ2v) is 11.0. The monoisotopic (exact) mass is 509 g/mol. The van der Waals surface area contributed by atoms with Gasteiger partial charge in [-0.3, -0.25) is 0 Å². The summed E-state index contributed by atoms with van der Waals surface area (Å²) in [6, 6.07) is 44.9. The van der Waals surface area contributed by atoms with Gasteiger partial charge in [-0.05, 0) is 96.5 Å². The van der Waals surface area contributed by atoms with Gasteiger partial charge >= 0.3 is 7.48 Å². The molecule has 0 amide bonds. The van der Waals surface area contributed by atoms with Crippen LogP contribution in [0.4, 0.5) is 0 Å². The molecule has 0 atom stereocenters. The standard InChI is InChI=1S/C36H34BO2/c1-35(2,38)36(3,4)39-37-34-20-12-19-30(25-34)28-17-11-18-29(21-28)33-23-31(26-13-7-5-8-14-26)22-32(24-33)27-15-9-6-10-16-27/h5-25,38H,1-4H3. The number of rotatable bonds is 8. The Morgan fingerprint density at radius 2 is 0.846 bits per heavy atom. The summed E-state index contributed by atoms with van der Waals surface area (Å²) in [5.74, 6) is 0. The molecule has 0 saturated carbocycles. The summed E-state index contributed by atoms with van der Waals surface area (Å²) < 4.78 is 6.00. The first-order valence-electron chi connectivity index (χ1n) is 13.4. The molecule has 5 aromatic rings. The van der Waals surface area contributed by atoms with Crippen molar-refractivity contribution in [2.75, 3.05) is 0 Å². The highest BCUT2D eigenvalue weighted by molar-refractivity contribution is 6.47. The summed E-state index contributed by atoms with van der Waals surface area (Å²) in [6.45, 7) is 7.31. The van der Waals surface area contributed by atoms with Gasteiger partial charge in [-0.25, -0.2) is 0 Å². The molecule has 0 aromatic heterocycles. The summed E-state index contributed by atoms with van der Waals surface area (Å²) in [4.78, 5) is 0. The van der Waals surface area contributed by atoms with Gasteiger partial charge < -0.3 is 9.76 Å². The first kappa shape index (κ1) is 26.7. The quantitative estimate of drug-likeness (QED) is 0.214. The van der Waals surface area contributed by atoms with Gasteiger partial charge in [-0.15, -0.1) is 0 Å². The van der Waals surface area contributed by atoms with Crippen molar-refractivity contribution >= 4 is 12.9 Å². The Hall–Kier alpha value is -3.92. The molecule has 39 heavy (non-hydrogen) atoms. The molecule has 1 N–H and O–H groups in total. The van der Waals surface area contributed by atoms with Gasteiger partial charge in [-0.2, -0.15) is 0 Å². The molecule has 0 bridgehead atoms. The lowest BCUT2D eigenvalue weighted by Crippen LogP contribution is -2.49. The Morgan fingerprint density at radius 1 is 0.462 bits per heavy atom. The Bertz CT molecular complexity index is 1490. The summed E-state index contributed by atoms with van der Waals surface area (Å²) in [7, 11) is 1.74. The zero-order valence-corrected chi connectivity index (χ0v) is 23.1. The first-order valence-corrected chi connectivity index (χ1v) is 13.4. The van der Waals surface area contributed by atoms with E-state index in [-0.39, 0.29) is 0 Å². The molecule has 193 valence electrons. The van der Waals surface area contributed by atoms with Crippen molar-refractivity contribution in [1.29, 1.82) is 0 Å². The zero-order valence-electron chi connectivity index (χ0n) is 23.1. The molecule has 2 nitrogen and oxygen atoms in total. The molecule has 3 heteroatoms. The van der Waals surface area contributed by atoms with Gasteiger partial charge in [-0.1, -0.05) is 109 Å². The molecule has 0 fully saturated rings. The van der Waals surface area contributed by atoms with E-state index in [1.807, 2.05) is 26.0 Å². The summed E-state index contributed by atoms with van der Waals surface area (Å²) >= 11 is 0. The molecule has 1 radical (unpaired) electrons. The van der Waals surface area contributed by atoms with E-state index in [0.29, 0.717) is 0 Å². The van der Waals surface area contributed by atoms with Gasteiger partial charge in [0.15, 0.2) is 0 Å². The predicted octanol–water partition coefficient (Wildman–Crippen LogP) is 8.17. The van der Waals surface area contributed by atoms with E-state index in [9.17, 15) is 5.11 Å². The summed E-state index contributed by atoms with van der Waals surface area (Å²) in [5, 5.41) is 10.4. The Kier molecular flexibility index (Phi) is 7.57. The first-order chi connectivity index (χ1) is 18.7. The lowest BCUT2D eigenvalue weighted by Gasteiger charge is -2.37. The highest BCUT2D eigenvalue weighted by Crippen LogP contribution is 2.34. The molecule has 0 heterocycles. The Balaban J connectivity index is 1.50. The lowest BCUT2D eigenvalue weighted by molar-refractivity contribution is -0.0893. The van der Waals surface area contributed by atoms with E-state index >= 15 is 0 Å². The average molecular weight is 509 g/mol. The topological polar surface area (TPSA) is 29.5 Å². The maximum atomic E-state index is 10.4. The van der Waals surface area contributed by atoms with E-state index in [1.54, 1.807) is 21.3 Å². The van der Waals surface area contributed by atoms with Crippen LogP contribution in [0.1, 0.15) is 27.7 Å². The van der Waals surface area contributed by atoms with Crippen molar-refractivity contribution in [2.24, 2.45) is 0 Å².